The molecule has 292 valence electrons. The van der Waals surface area contributed by atoms with Gasteiger partial charge in [0.2, 0.25) is 0 Å². The molecule has 2 N–H and O–H groups in total. The van der Waals surface area contributed by atoms with Crippen LogP contribution in [-0.4, -0.2) is 10.2 Å². The first-order valence-electron chi connectivity index (χ1n) is 21.0. The van der Waals surface area contributed by atoms with E-state index in [1.165, 1.54) is 44.5 Å². The van der Waals surface area contributed by atoms with Crippen LogP contribution in [0.1, 0.15) is 111 Å². The van der Waals surface area contributed by atoms with Crippen molar-refractivity contribution in [2.45, 2.75) is 88.3 Å². The van der Waals surface area contributed by atoms with Crippen molar-refractivity contribution >= 4 is 26.7 Å². The maximum Gasteiger partial charge on any atom is 0.138 e. The highest BCUT2D eigenvalue weighted by Crippen LogP contribution is 2.66. The lowest BCUT2D eigenvalue weighted by Gasteiger charge is -2.58. The first-order chi connectivity index (χ1) is 27.9. The molecule has 2 unspecified atom stereocenters. The third-order valence-corrected chi connectivity index (χ3v) is 15.7. The van der Waals surface area contributed by atoms with E-state index in [1.807, 2.05) is 0 Å². The Morgan fingerprint density at radius 1 is 0.339 bits per heavy atom. The SMILES string of the molecule is CC1(C)C2=C(C(C)(C)c3ccccc31)C(O)(c1ccc3c(c1)C(C)(C)c1ccccc1-3)c1cc3cc(Br)ccc3cc1C2(O)c1ccc2c(c1)C(C)(C)c1ccccc1-2. The zero-order valence-electron chi connectivity index (χ0n) is 35.1. The van der Waals surface area contributed by atoms with Crippen molar-refractivity contribution in [3.63, 3.8) is 0 Å². The minimum Gasteiger partial charge on any atom is -0.376 e. The summed E-state index contributed by atoms with van der Waals surface area (Å²) in [6.45, 7) is 18.2. The summed E-state index contributed by atoms with van der Waals surface area (Å²) in [5, 5.41) is 31.2. The van der Waals surface area contributed by atoms with E-state index in [4.69, 9.17) is 0 Å². The molecule has 0 bridgehead atoms. The first-order valence-corrected chi connectivity index (χ1v) is 21.8. The number of fused-ring (bicyclic) bond motifs is 9. The molecule has 0 amide bonds. The van der Waals surface area contributed by atoms with Crippen molar-refractivity contribution in [3.8, 4) is 22.3 Å². The van der Waals surface area contributed by atoms with Gasteiger partial charge in [-0.05, 0) is 124 Å². The Morgan fingerprint density at radius 2 is 0.729 bits per heavy atom. The Hall–Kier alpha value is -5.06. The Labute approximate surface area is 356 Å². The number of benzene rings is 7. The van der Waals surface area contributed by atoms with E-state index >= 15 is 0 Å². The van der Waals surface area contributed by atoms with E-state index in [1.54, 1.807) is 0 Å². The minimum atomic E-state index is -1.62. The third-order valence-electron chi connectivity index (χ3n) is 15.2. The van der Waals surface area contributed by atoms with Gasteiger partial charge in [-0.3, -0.25) is 0 Å². The molecule has 0 saturated heterocycles. The van der Waals surface area contributed by atoms with Crippen LogP contribution in [0.3, 0.4) is 0 Å². The summed E-state index contributed by atoms with van der Waals surface area (Å²) in [6.07, 6.45) is 0. The summed E-state index contributed by atoms with van der Waals surface area (Å²) >= 11 is 3.76. The average molecular weight is 834 g/mol. The monoisotopic (exact) mass is 832 g/mol. The van der Waals surface area contributed by atoms with Crippen LogP contribution in [-0.2, 0) is 32.9 Å². The highest BCUT2D eigenvalue weighted by Gasteiger charge is 2.62. The van der Waals surface area contributed by atoms with Crippen molar-refractivity contribution in [1.82, 2.24) is 0 Å². The van der Waals surface area contributed by atoms with Gasteiger partial charge in [0.25, 0.3) is 0 Å². The zero-order chi connectivity index (χ0) is 41.2. The molecular formula is C56H49BrO2. The normalized spacial score (nSPS) is 23.1. The van der Waals surface area contributed by atoms with Gasteiger partial charge in [0.15, 0.2) is 0 Å². The Balaban J connectivity index is 1.29. The predicted octanol–water partition coefficient (Wildman–Crippen LogP) is 13.3. The largest absolute Gasteiger partial charge is 0.376 e. The van der Waals surface area contributed by atoms with Crippen LogP contribution in [0.4, 0.5) is 0 Å². The van der Waals surface area contributed by atoms with Crippen molar-refractivity contribution in [2.24, 2.45) is 0 Å². The Kier molecular flexibility index (Phi) is 7.27. The smallest absolute Gasteiger partial charge is 0.138 e. The number of hydrogen-bond donors (Lipinski definition) is 2. The molecule has 0 aliphatic heterocycles. The lowest BCUT2D eigenvalue weighted by atomic mass is 9.47. The minimum absolute atomic E-state index is 0.272. The summed E-state index contributed by atoms with van der Waals surface area (Å²) in [4.78, 5) is 0. The summed E-state index contributed by atoms with van der Waals surface area (Å²) in [6, 6.07) is 50.0. The number of rotatable bonds is 2. The van der Waals surface area contributed by atoms with Gasteiger partial charge in [0.1, 0.15) is 11.2 Å². The van der Waals surface area contributed by atoms with Crippen molar-refractivity contribution < 1.29 is 10.2 Å². The molecule has 0 radical (unpaired) electrons. The molecule has 2 atom stereocenters. The van der Waals surface area contributed by atoms with E-state index in [9.17, 15) is 10.2 Å². The molecule has 11 rings (SSSR count). The van der Waals surface area contributed by atoms with E-state index in [2.05, 4.69) is 211 Å². The highest BCUT2D eigenvalue weighted by atomic mass is 79.9. The lowest BCUT2D eigenvalue weighted by Crippen LogP contribution is -2.55. The second-order valence-corrected chi connectivity index (χ2v) is 20.6. The molecular weight excluding hydrogens is 785 g/mol. The van der Waals surface area contributed by atoms with E-state index in [-0.39, 0.29) is 10.8 Å². The maximum absolute atomic E-state index is 14.6. The molecule has 4 aliphatic rings. The molecule has 0 aromatic heterocycles. The van der Waals surface area contributed by atoms with Crippen molar-refractivity contribution in [2.75, 3.05) is 0 Å². The van der Waals surface area contributed by atoms with E-state index in [0.717, 1.165) is 48.6 Å². The molecule has 0 spiro atoms. The van der Waals surface area contributed by atoms with Crippen LogP contribution in [0.5, 0.6) is 0 Å². The zero-order valence-corrected chi connectivity index (χ0v) is 36.6. The summed E-state index contributed by atoms with van der Waals surface area (Å²) in [5.41, 5.74) is 11.8. The van der Waals surface area contributed by atoms with E-state index < -0.39 is 22.0 Å². The third kappa shape index (κ3) is 4.49. The number of hydrogen-bond acceptors (Lipinski definition) is 2. The molecule has 59 heavy (non-hydrogen) atoms. The van der Waals surface area contributed by atoms with E-state index in [0.29, 0.717) is 11.1 Å². The summed E-state index contributed by atoms with van der Waals surface area (Å²) in [7, 11) is 0. The fourth-order valence-electron chi connectivity index (χ4n) is 12.3. The summed E-state index contributed by atoms with van der Waals surface area (Å²) in [5.74, 6) is 0. The molecule has 3 heteroatoms. The maximum atomic E-state index is 14.6. The van der Waals surface area contributed by atoms with Crippen molar-refractivity contribution in [1.29, 1.82) is 0 Å². The molecule has 0 saturated carbocycles. The molecule has 7 aromatic carbocycles. The van der Waals surface area contributed by atoms with Crippen LogP contribution < -0.4 is 0 Å². The molecule has 4 aliphatic carbocycles. The van der Waals surface area contributed by atoms with Gasteiger partial charge in [0, 0.05) is 26.1 Å². The molecule has 0 heterocycles. The lowest BCUT2D eigenvalue weighted by molar-refractivity contribution is 0.0471. The fourth-order valence-corrected chi connectivity index (χ4v) is 12.7. The molecule has 7 aromatic rings. The standard InChI is InChI=1S/C56H49BrO2/c1-51(2)41-17-11-9-15-37(41)39-25-22-34(30-45(39)51)55(58)47-28-32-21-24-36(57)27-33(32)29-48(47)56(59,50-49(55)53(5,6)43-19-13-14-20-44(43)54(50,7)8)35-23-26-40-38-16-10-12-18-42(38)52(3,4)46(40)31-35/h9-31,58-59H,1-8H3. The van der Waals surface area contributed by atoms with Gasteiger partial charge in [-0.25, -0.2) is 0 Å². The predicted molar refractivity (Wildman–Crippen MR) is 245 cm³/mol. The fraction of sp³-hybridized carbons (Fsp3) is 0.250. The van der Waals surface area contributed by atoms with Crippen LogP contribution in [0.15, 0.2) is 155 Å². The first kappa shape index (κ1) is 37.0. The summed E-state index contributed by atoms with van der Waals surface area (Å²) < 4.78 is 0.963. The molecule has 0 fully saturated rings. The topological polar surface area (TPSA) is 40.5 Å². The molecule has 2 nitrogen and oxygen atoms in total. The number of halogens is 1. The second-order valence-electron chi connectivity index (χ2n) is 19.7. The van der Waals surface area contributed by atoms with Crippen LogP contribution in [0.25, 0.3) is 33.0 Å². The van der Waals surface area contributed by atoms with Crippen molar-refractivity contribution in [3.05, 3.63) is 211 Å². The second kappa shape index (κ2) is 11.6. The van der Waals surface area contributed by atoms with Crippen LogP contribution >= 0.6 is 15.9 Å². The van der Waals surface area contributed by atoms with Gasteiger partial charge in [-0.15, -0.1) is 0 Å². The Morgan fingerprint density at radius 3 is 1.19 bits per heavy atom. The van der Waals surface area contributed by atoms with Crippen LogP contribution in [0.2, 0.25) is 0 Å². The van der Waals surface area contributed by atoms with Gasteiger partial charge in [-0.1, -0.05) is 187 Å². The quantitative estimate of drug-likeness (QED) is 0.170. The van der Waals surface area contributed by atoms with Gasteiger partial charge in [0.05, 0.1) is 0 Å². The Bertz CT molecular complexity index is 3050. The van der Waals surface area contributed by atoms with Gasteiger partial charge in [-0.2, -0.15) is 0 Å². The van der Waals surface area contributed by atoms with Crippen LogP contribution in [0, 0.1) is 0 Å². The average Bonchev–Trinajstić information content (AvgIpc) is 3.60. The number of aliphatic hydroxyl groups is 2. The highest BCUT2D eigenvalue weighted by molar-refractivity contribution is 9.10. The van der Waals surface area contributed by atoms with Gasteiger partial charge < -0.3 is 10.2 Å². The van der Waals surface area contributed by atoms with Gasteiger partial charge >= 0.3 is 0 Å².